The van der Waals surface area contributed by atoms with Gasteiger partial charge >= 0.3 is 5.97 Å². The normalized spacial score (nSPS) is 20.1. The molecule has 5 rings (SSSR count). The number of nitrogens with zero attached hydrogens (tertiary/aromatic N) is 4. The summed E-state index contributed by atoms with van der Waals surface area (Å²) >= 11 is 0. The van der Waals surface area contributed by atoms with Crippen molar-refractivity contribution in [1.29, 1.82) is 0 Å². The van der Waals surface area contributed by atoms with E-state index in [1.54, 1.807) is 4.57 Å². The lowest BCUT2D eigenvalue weighted by Crippen LogP contribution is -2.49. The summed E-state index contributed by atoms with van der Waals surface area (Å²) < 4.78 is 7.72. The van der Waals surface area contributed by atoms with Gasteiger partial charge in [0.1, 0.15) is 11.9 Å². The van der Waals surface area contributed by atoms with Crippen molar-refractivity contribution in [2.75, 3.05) is 37.6 Å². The van der Waals surface area contributed by atoms with Crippen LogP contribution in [-0.2, 0) is 16.1 Å². The van der Waals surface area contributed by atoms with Crippen LogP contribution in [0.15, 0.2) is 24.4 Å². The highest BCUT2D eigenvalue weighted by atomic mass is 16.5. The van der Waals surface area contributed by atoms with E-state index in [0.717, 1.165) is 75.2 Å². The zero-order valence-electron chi connectivity index (χ0n) is 27.8. The summed E-state index contributed by atoms with van der Waals surface area (Å²) in [7, 11) is 0. The summed E-state index contributed by atoms with van der Waals surface area (Å²) in [5.41, 5.74) is 1.87. The second-order valence-electron chi connectivity index (χ2n) is 13.9. The van der Waals surface area contributed by atoms with Crippen molar-refractivity contribution in [3.8, 4) is 11.8 Å². The van der Waals surface area contributed by atoms with Crippen LogP contribution >= 0.6 is 0 Å². The maximum atomic E-state index is 13.1. The van der Waals surface area contributed by atoms with Gasteiger partial charge in [0, 0.05) is 56.5 Å². The Balaban J connectivity index is 1.07. The molecule has 3 heterocycles. The highest BCUT2D eigenvalue weighted by molar-refractivity contribution is 5.69. The Hall–Kier alpha value is -2.74. The van der Waals surface area contributed by atoms with Gasteiger partial charge in [0.05, 0.1) is 6.54 Å². The minimum Gasteiger partial charge on any atom is -0.494 e. The number of carbonyl (C=O) groups excluding carboxylic acids is 1. The van der Waals surface area contributed by atoms with E-state index < -0.39 is 6.10 Å². The first-order chi connectivity index (χ1) is 22.0. The maximum absolute atomic E-state index is 13.1. The van der Waals surface area contributed by atoms with Crippen molar-refractivity contribution in [2.45, 2.75) is 141 Å². The van der Waals surface area contributed by atoms with Gasteiger partial charge in [0.2, 0.25) is 0 Å². The molecule has 2 aromatic rings. The first-order valence-corrected chi connectivity index (χ1v) is 18.3. The van der Waals surface area contributed by atoms with Crippen LogP contribution in [0.5, 0.6) is 11.8 Å². The molecule has 2 bridgehead atoms. The molecule has 0 aromatic carbocycles. The molecule has 0 amide bonds. The number of hydrogen-bond acceptors (Lipinski definition) is 7. The molecule has 250 valence electrons. The predicted molar refractivity (Wildman–Crippen MR) is 180 cm³/mol. The molecule has 2 aromatic heterocycles. The molecule has 8 heteroatoms. The SMILES string of the molecule is CCCCCCCCCCCCCCCC(=O)OC(CN1CCN(c2ccccn2)CC1)Cn1c(O)c2c(c1O)C1CCC2C1. The first-order valence-electron chi connectivity index (χ1n) is 18.3. The Bertz CT molecular complexity index is 1140. The molecule has 0 radical (unpaired) electrons. The fourth-order valence-corrected chi connectivity index (χ4v) is 7.97. The highest BCUT2D eigenvalue weighted by Gasteiger charge is 2.44. The number of aromatic hydroxyl groups is 2. The van der Waals surface area contributed by atoms with Gasteiger partial charge in [0.25, 0.3) is 0 Å². The predicted octanol–water partition coefficient (Wildman–Crippen LogP) is 7.87. The number of rotatable bonds is 20. The van der Waals surface area contributed by atoms with Crippen LogP contribution in [0.2, 0.25) is 0 Å². The largest absolute Gasteiger partial charge is 0.494 e. The molecule has 3 atom stereocenters. The Morgan fingerprint density at radius 2 is 1.40 bits per heavy atom. The van der Waals surface area contributed by atoms with E-state index in [9.17, 15) is 15.0 Å². The van der Waals surface area contributed by atoms with E-state index in [4.69, 9.17) is 4.74 Å². The molecule has 2 N–H and O–H groups in total. The number of unbranched alkanes of at least 4 members (excludes halogenated alkanes) is 12. The third-order valence-corrected chi connectivity index (χ3v) is 10.5. The topological polar surface area (TPSA) is 91.1 Å². The third-order valence-electron chi connectivity index (χ3n) is 10.5. The highest BCUT2D eigenvalue weighted by Crippen LogP contribution is 2.59. The summed E-state index contributed by atoms with van der Waals surface area (Å²) in [6, 6.07) is 5.99. The summed E-state index contributed by atoms with van der Waals surface area (Å²) in [6.07, 6.45) is 21.5. The van der Waals surface area contributed by atoms with Gasteiger partial charge in [0.15, 0.2) is 11.8 Å². The number of esters is 1. The van der Waals surface area contributed by atoms with Gasteiger partial charge in [-0.1, -0.05) is 90.0 Å². The second-order valence-corrected chi connectivity index (χ2v) is 13.9. The van der Waals surface area contributed by atoms with Crippen molar-refractivity contribution in [2.24, 2.45) is 0 Å². The molecular formula is C37H58N4O4. The number of aromatic nitrogens is 2. The van der Waals surface area contributed by atoms with Crippen LogP contribution in [0.25, 0.3) is 0 Å². The molecule has 45 heavy (non-hydrogen) atoms. The third kappa shape index (κ3) is 9.17. The number of hydrogen-bond donors (Lipinski definition) is 2. The van der Waals surface area contributed by atoms with Crippen LogP contribution in [-0.4, -0.2) is 69.5 Å². The number of pyridine rings is 1. The number of piperazine rings is 1. The van der Waals surface area contributed by atoms with Gasteiger partial charge in [-0.25, -0.2) is 4.98 Å². The molecule has 3 unspecified atom stereocenters. The number of carbonyl (C=O) groups is 1. The van der Waals surface area contributed by atoms with E-state index in [1.807, 2.05) is 24.4 Å². The first kappa shape index (κ1) is 33.6. The Labute approximate surface area is 271 Å². The van der Waals surface area contributed by atoms with Crippen molar-refractivity contribution < 1.29 is 19.7 Å². The van der Waals surface area contributed by atoms with Crippen LogP contribution in [0, 0.1) is 0 Å². The lowest BCUT2D eigenvalue weighted by Gasteiger charge is -2.37. The molecule has 1 saturated heterocycles. The van der Waals surface area contributed by atoms with Gasteiger partial charge in [-0.05, 0) is 49.7 Å². The van der Waals surface area contributed by atoms with Gasteiger partial charge in [-0.2, -0.15) is 0 Å². The summed E-state index contributed by atoms with van der Waals surface area (Å²) in [4.78, 5) is 22.2. The average Bonchev–Trinajstić information content (AvgIpc) is 3.74. The standard InChI is InChI=1S/C37H58N4O4/c1-2-3-4-5-6-7-8-9-10-11-12-13-14-18-33(42)45-31(27-39-22-24-40(25-23-39)32-17-15-16-21-38-32)28-41-36(43)34-29-19-20-30(26-29)35(34)37(41)44/h15-17,21,29-31,43-44H,2-14,18-20,22-28H2,1H3. The molecule has 1 saturated carbocycles. The van der Waals surface area contributed by atoms with E-state index >= 15 is 0 Å². The fourth-order valence-electron chi connectivity index (χ4n) is 7.97. The minimum atomic E-state index is -0.442. The molecular weight excluding hydrogens is 564 g/mol. The number of fused-ring (bicyclic) bond motifs is 5. The molecule has 0 spiro atoms. The fraction of sp³-hybridized carbons (Fsp3) is 0.730. The Kier molecular flexibility index (Phi) is 12.9. The molecule has 8 nitrogen and oxygen atoms in total. The van der Waals surface area contributed by atoms with Crippen LogP contribution < -0.4 is 4.90 Å². The van der Waals surface area contributed by atoms with E-state index in [0.29, 0.717) is 24.8 Å². The molecule has 2 fully saturated rings. The van der Waals surface area contributed by atoms with E-state index in [1.165, 1.54) is 70.6 Å². The van der Waals surface area contributed by atoms with E-state index in [2.05, 4.69) is 21.7 Å². The quantitative estimate of drug-likeness (QED) is 0.115. The van der Waals surface area contributed by atoms with Gasteiger partial charge in [-0.15, -0.1) is 0 Å². The molecule has 2 aliphatic carbocycles. The number of ether oxygens (including phenoxy) is 1. The van der Waals surface area contributed by atoms with Crippen molar-refractivity contribution in [3.05, 3.63) is 35.5 Å². The monoisotopic (exact) mass is 622 g/mol. The smallest absolute Gasteiger partial charge is 0.306 e. The maximum Gasteiger partial charge on any atom is 0.306 e. The second kappa shape index (κ2) is 17.3. The summed E-state index contributed by atoms with van der Waals surface area (Å²) in [5, 5.41) is 22.3. The summed E-state index contributed by atoms with van der Waals surface area (Å²) in [6.45, 7) is 6.51. The minimum absolute atomic E-state index is 0.172. The van der Waals surface area contributed by atoms with Gasteiger partial charge < -0.3 is 19.8 Å². The van der Waals surface area contributed by atoms with Crippen molar-refractivity contribution >= 4 is 11.8 Å². The van der Waals surface area contributed by atoms with Crippen molar-refractivity contribution in [3.63, 3.8) is 0 Å². The van der Waals surface area contributed by atoms with Crippen molar-refractivity contribution in [1.82, 2.24) is 14.5 Å². The lowest BCUT2D eigenvalue weighted by atomic mass is 9.95. The lowest BCUT2D eigenvalue weighted by molar-refractivity contribution is -0.151. The van der Waals surface area contributed by atoms with Crippen LogP contribution in [0.1, 0.15) is 139 Å². The molecule has 3 aliphatic rings. The Morgan fingerprint density at radius 3 is 1.96 bits per heavy atom. The van der Waals surface area contributed by atoms with E-state index in [-0.39, 0.29) is 24.3 Å². The zero-order chi connectivity index (χ0) is 31.4. The number of anilines is 1. The zero-order valence-corrected chi connectivity index (χ0v) is 27.8. The van der Waals surface area contributed by atoms with Gasteiger partial charge in [-0.3, -0.25) is 14.3 Å². The molecule has 1 aliphatic heterocycles. The van der Waals surface area contributed by atoms with Crippen LogP contribution in [0.4, 0.5) is 5.82 Å². The average molecular weight is 623 g/mol. The van der Waals surface area contributed by atoms with Crippen LogP contribution in [0.3, 0.4) is 0 Å². The Morgan fingerprint density at radius 1 is 0.822 bits per heavy atom. The summed E-state index contributed by atoms with van der Waals surface area (Å²) in [5.74, 6) is 1.85.